The molecule has 1 N–H and O–H groups in total. The molecule has 3 nitrogen and oxygen atoms in total. The molecule has 0 saturated carbocycles. The first-order valence-electron chi connectivity index (χ1n) is 5.53. The van der Waals surface area contributed by atoms with Gasteiger partial charge in [0.05, 0.1) is 13.7 Å². The summed E-state index contributed by atoms with van der Waals surface area (Å²) in [5.74, 6) is 0.942. The first kappa shape index (κ1) is 13.0. The van der Waals surface area contributed by atoms with E-state index in [4.69, 9.17) is 9.47 Å². The third-order valence-electron chi connectivity index (χ3n) is 2.50. The highest BCUT2D eigenvalue weighted by molar-refractivity contribution is 5.37. The van der Waals surface area contributed by atoms with Gasteiger partial charge in [0, 0.05) is 25.3 Å². The first-order chi connectivity index (χ1) is 7.67. The molecule has 0 saturated heterocycles. The Morgan fingerprint density at radius 3 is 2.69 bits per heavy atom. The zero-order valence-electron chi connectivity index (χ0n) is 10.5. The van der Waals surface area contributed by atoms with Crippen LogP contribution in [0.3, 0.4) is 0 Å². The molecule has 0 spiro atoms. The second-order valence-corrected chi connectivity index (χ2v) is 4.05. The number of hydrogen-bond donors (Lipinski definition) is 1. The molecular formula is C13H21NO2. The molecule has 1 aromatic carbocycles. The van der Waals surface area contributed by atoms with E-state index < -0.39 is 0 Å². The van der Waals surface area contributed by atoms with E-state index in [-0.39, 0.29) is 0 Å². The second kappa shape index (κ2) is 6.51. The molecule has 1 unspecified atom stereocenters. The molecular weight excluding hydrogens is 202 g/mol. The fourth-order valence-electron chi connectivity index (χ4n) is 1.59. The van der Waals surface area contributed by atoms with E-state index in [1.807, 2.05) is 0 Å². The molecule has 0 bridgehead atoms. The number of methoxy groups -OCH3 is 2. The van der Waals surface area contributed by atoms with E-state index in [0.717, 1.165) is 12.3 Å². The van der Waals surface area contributed by atoms with Crippen molar-refractivity contribution in [2.75, 3.05) is 20.8 Å². The summed E-state index contributed by atoms with van der Waals surface area (Å²) in [6.07, 6.45) is 0. The molecule has 0 aliphatic carbocycles. The summed E-state index contributed by atoms with van der Waals surface area (Å²) in [4.78, 5) is 0. The summed E-state index contributed by atoms with van der Waals surface area (Å²) in [6.45, 7) is 5.68. The van der Waals surface area contributed by atoms with Gasteiger partial charge in [-0.1, -0.05) is 12.1 Å². The fourth-order valence-corrected chi connectivity index (χ4v) is 1.59. The van der Waals surface area contributed by atoms with Crippen molar-refractivity contribution in [3.8, 4) is 5.75 Å². The van der Waals surface area contributed by atoms with Gasteiger partial charge in [0.25, 0.3) is 0 Å². The number of benzene rings is 1. The number of nitrogens with one attached hydrogen (secondary N) is 1. The minimum Gasteiger partial charge on any atom is -0.496 e. The van der Waals surface area contributed by atoms with Gasteiger partial charge in [-0.2, -0.15) is 0 Å². The summed E-state index contributed by atoms with van der Waals surface area (Å²) < 4.78 is 10.4. The average Bonchev–Trinajstić information content (AvgIpc) is 2.27. The molecule has 0 radical (unpaired) electrons. The van der Waals surface area contributed by atoms with E-state index in [1.165, 1.54) is 11.1 Å². The van der Waals surface area contributed by atoms with Crippen molar-refractivity contribution in [1.82, 2.24) is 5.32 Å². The predicted octanol–water partition coefficient (Wildman–Crippen LogP) is 2.13. The lowest BCUT2D eigenvalue weighted by Gasteiger charge is -2.14. The van der Waals surface area contributed by atoms with Gasteiger partial charge in [0.15, 0.2) is 0 Å². The lowest BCUT2D eigenvalue weighted by Crippen LogP contribution is -2.29. The number of ether oxygens (including phenoxy) is 2. The molecule has 1 aromatic rings. The van der Waals surface area contributed by atoms with Crippen molar-refractivity contribution < 1.29 is 9.47 Å². The number of aryl methyl sites for hydroxylation is 1. The average molecular weight is 223 g/mol. The van der Waals surface area contributed by atoms with Crippen LogP contribution in [0.25, 0.3) is 0 Å². The first-order valence-corrected chi connectivity index (χ1v) is 5.53. The van der Waals surface area contributed by atoms with Gasteiger partial charge in [-0.25, -0.2) is 0 Å². The van der Waals surface area contributed by atoms with Crippen molar-refractivity contribution in [1.29, 1.82) is 0 Å². The molecule has 90 valence electrons. The van der Waals surface area contributed by atoms with Crippen LogP contribution in [0.2, 0.25) is 0 Å². The fraction of sp³-hybridized carbons (Fsp3) is 0.538. The van der Waals surface area contributed by atoms with Crippen LogP contribution in [-0.4, -0.2) is 26.9 Å². The largest absolute Gasteiger partial charge is 0.496 e. The van der Waals surface area contributed by atoms with Crippen LogP contribution in [0.5, 0.6) is 5.75 Å². The Kier molecular flexibility index (Phi) is 5.29. The van der Waals surface area contributed by atoms with Crippen LogP contribution in [0.15, 0.2) is 18.2 Å². The third-order valence-corrected chi connectivity index (χ3v) is 2.50. The molecule has 1 rings (SSSR count). The SMILES string of the molecule is COCC(C)NCc1ccc(C)cc1OC. The summed E-state index contributed by atoms with van der Waals surface area (Å²) in [5, 5.41) is 3.39. The maximum Gasteiger partial charge on any atom is 0.123 e. The summed E-state index contributed by atoms with van der Waals surface area (Å²) in [6, 6.07) is 6.59. The maximum atomic E-state index is 5.35. The molecule has 0 aromatic heterocycles. The smallest absolute Gasteiger partial charge is 0.123 e. The minimum absolute atomic E-state index is 0.344. The van der Waals surface area contributed by atoms with Gasteiger partial charge in [-0.05, 0) is 25.5 Å². The van der Waals surface area contributed by atoms with Crippen LogP contribution in [0.1, 0.15) is 18.1 Å². The van der Waals surface area contributed by atoms with Crippen molar-refractivity contribution in [2.45, 2.75) is 26.4 Å². The molecule has 0 amide bonds. The highest BCUT2D eigenvalue weighted by Crippen LogP contribution is 2.19. The van der Waals surface area contributed by atoms with E-state index in [1.54, 1.807) is 14.2 Å². The van der Waals surface area contributed by atoms with Gasteiger partial charge in [0.1, 0.15) is 5.75 Å². The second-order valence-electron chi connectivity index (χ2n) is 4.05. The molecule has 0 heterocycles. The lowest BCUT2D eigenvalue weighted by atomic mass is 10.1. The lowest BCUT2D eigenvalue weighted by molar-refractivity contribution is 0.171. The number of hydrogen-bond acceptors (Lipinski definition) is 3. The van der Waals surface area contributed by atoms with E-state index in [0.29, 0.717) is 12.6 Å². The summed E-state index contributed by atoms with van der Waals surface area (Å²) >= 11 is 0. The Balaban J connectivity index is 2.59. The molecule has 0 aliphatic heterocycles. The highest BCUT2D eigenvalue weighted by atomic mass is 16.5. The van der Waals surface area contributed by atoms with Gasteiger partial charge in [0.2, 0.25) is 0 Å². The summed E-state index contributed by atoms with van der Waals surface area (Å²) in [5.41, 5.74) is 2.39. The van der Waals surface area contributed by atoms with E-state index >= 15 is 0 Å². The third kappa shape index (κ3) is 3.83. The molecule has 3 heteroatoms. The molecule has 0 aliphatic rings. The van der Waals surface area contributed by atoms with Gasteiger partial charge >= 0.3 is 0 Å². The number of rotatable bonds is 6. The van der Waals surface area contributed by atoms with Crippen molar-refractivity contribution in [3.05, 3.63) is 29.3 Å². The predicted molar refractivity (Wildman–Crippen MR) is 65.9 cm³/mol. The van der Waals surface area contributed by atoms with Crippen molar-refractivity contribution >= 4 is 0 Å². The van der Waals surface area contributed by atoms with E-state index in [2.05, 4.69) is 37.4 Å². The topological polar surface area (TPSA) is 30.5 Å². The molecule has 16 heavy (non-hydrogen) atoms. The van der Waals surface area contributed by atoms with Crippen LogP contribution < -0.4 is 10.1 Å². The molecule has 1 atom stereocenters. The maximum absolute atomic E-state index is 5.35. The standard InChI is InChI=1S/C13H21NO2/c1-10-5-6-12(13(7-10)16-4)8-14-11(2)9-15-3/h5-7,11,14H,8-9H2,1-4H3. The van der Waals surface area contributed by atoms with Gasteiger partial charge < -0.3 is 14.8 Å². The monoisotopic (exact) mass is 223 g/mol. The van der Waals surface area contributed by atoms with Crippen molar-refractivity contribution in [3.63, 3.8) is 0 Å². The quantitative estimate of drug-likeness (QED) is 0.801. The Morgan fingerprint density at radius 1 is 1.31 bits per heavy atom. The Labute approximate surface area is 97.8 Å². The highest BCUT2D eigenvalue weighted by Gasteiger charge is 2.05. The Hall–Kier alpha value is -1.06. The Bertz CT molecular complexity index is 326. The zero-order chi connectivity index (χ0) is 12.0. The minimum atomic E-state index is 0.344. The van der Waals surface area contributed by atoms with Crippen LogP contribution in [-0.2, 0) is 11.3 Å². The molecule has 0 fully saturated rings. The van der Waals surface area contributed by atoms with Crippen LogP contribution >= 0.6 is 0 Å². The zero-order valence-corrected chi connectivity index (χ0v) is 10.5. The van der Waals surface area contributed by atoms with Gasteiger partial charge in [-0.15, -0.1) is 0 Å². The van der Waals surface area contributed by atoms with Gasteiger partial charge in [-0.3, -0.25) is 0 Å². The van der Waals surface area contributed by atoms with E-state index in [9.17, 15) is 0 Å². The summed E-state index contributed by atoms with van der Waals surface area (Å²) in [7, 11) is 3.42. The van der Waals surface area contributed by atoms with Crippen molar-refractivity contribution in [2.24, 2.45) is 0 Å². The normalized spacial score (nSPS) is 12.5. The van der Waals surface area contributed by atoms with Crippen LogP contribution in [0, 0.1) is 6.92 Å². The van der Waals surface area contributed by atoms with Crippen LogP contribution in [0.4, 0.5) is 0 Å². The Morgan fingerprint density at radius 2 is 2.06 bits per heavy atom.